The fourth-order valence-corrected chi connectivity index (χ4v) is 2.18. The predicted octanol–water partition coefficient (Wildman–Crippen LogP) is 1.33. The number of hydrogen-bond donors (Lipinski definition) is 1. The summed E-state index contributed by atoms with van der Waals surface area (Å²) in [6, 6.07) is 7.90. The van der Waals surface area contributed by atoms with Crippen molar-refractivity contribution in [2.45, 2.75) is 18.9 Å². The molecule has 1 aromatic heterocycles. The van der Waals surface area contributed by atoms with Gasteiger partial charge in [-0.1, -0.05) is 12.1 Å². The van der Waals surface area contributed by atoms with Crippen LogP contribution in [0.1, 0.15) is 16.9 Å². The maximum atomic E-state index is 11.6. The van der Waals surface area contributed by atoms with Crippen molar-refractivity contribution >= 4 is 22.2 Å². The van der Waals surface area contributed by atoms with Gasteiger partial charge in [0.25, 0.3) is 5.91 Å². The summed E-state index contributed by atoms with van der Waals surface area (Å²) in [5.41, 5.74) is 4.11. The van der Waals surface area contributed by atoms with Gasteiger partial charge in [-0.2, -0.15) is 5.10 Å². The van der Waals surface area contributed by atoms with Crippen LogP contribution in [-0.2, 0) is 14.9 Å². The maximum absolute atomic E-state index is 11.6. The molecule has 9 heteroatoms. The average Bonchev–Trinajstić information content (AvgIpc) is 2.97. The first kappa shape index (κ1) is 17.7. The third-order valence-corrected chi connectivity index (χ3v) is 3.64. The van der Waals surface area contributed by atoms with E-state index in [2.05, 4.69) is 10.5 Å². The Kier molecular flexibility index (Phi) is 5.37. The van der Waals surface area contributed by atoms with Gasteiger partial charge in [0, 0.05) is 0 Å². The van der Waals surface area contributed by atoms with E-state index in [1.807, 2.05) is 32.0 Å². The van der Waals surface area contributed by atoms with E-state index in [-0.39, 0.29) is 12.4 Å². The van der Waals surface area contributed by atoms with Gasteiger partial charge in [-0.3, -0.25) is 4.79 Å². The molecule has 0 saturated carbocycles. The number of amides is 1. The van der Waals surface area contributed by atoms with Crippen molar-refractivity contribution in [3.05, 3.63) is 47.2 Å². The molecule has 0 aliphatic carbocycles. The molecule has 1 N–H and O–H groups in total. The molecule has 24 heavy (non-hydrogen) atoms. The summed E-state index contributed by atoms with van der Waals surface area (Å²) < 4.78 is 42.3. The van der Waals surface area contributed by atoms with Crippen LogP contribution in [0.5, 0.6) is 5.75 Å². The molecule has 0 bridgehead atoms. The van der Waals surface area contributed by atoms with Crippen LogP contribution in [0, 0.1) is 13.8 Å². The van der Waals surface area contributed by atoms with E-state index < -0.39 is 21.1 Å². The molecule has 1 heterocycles. The molecule has 0 atom stereocenters. The molecular weight excluding hydrogens is 336 g/mol. The Balaban J connectivity index is 1.87. The lowest BCUT2D eigenvalue weighted by Crippen LogP contribution is -2.24. The number of ether oxygens (including phenoxy) is 1. The highest BCUT2D eigenvalue weighted by molar-refractivity contribution is 7.85. The Morgan fingerprint density at radius 1 is 1.33 bits per heavy atom. The van der Waals surface area contributed by atoms with Gasteiger partial charge < -0.3 is 13.7 Å². The highest BCUT2D eigenvalue weighted by Crippen LogP contribution is 2.18. The minimum absolute atomic E-state index is 0.0140. The van der Waals surface area contributed by atoms with Crippen molar-refractivity contribution in [1.29, 1.82) is 0 Å². The number of carbonyl (C=O) groups is 1. The van der Waals surface area contributed by atoms with Crippen LogP contribution in [-0.4, -0.2) is 31.7 Å². The van der Waals surface area contributed by atoms with Gasteiger partial charge in [-0.15, -0.1) is 0 Å². The van der Waals surface area contributed by atoms with Crippen LogP contribution < -0.4 is 10.2 Å². The van der Waals surface area contributed by atoms with Gasteiger partial charge in [0.2, 0.25) is 5.09 Å². The molecule has 1 amide bonds. The van der Waals surface area contributed by atoms with E-state index in [4.69, 9.17) is 9.15 Å². The first-order valence-corrected chi connectivity index (χ1v) is 8.24. The second kappa shape index (κ2) is 7.28. The summed E-state index contributed by atoms with van der Waals surface area (Å²) >= 11 is 0. The molecule has 0 saturated heterocycles. The van der Waals surface area contributed by atoms with E-state index >= 15 is 0 Å². The van der Waals surface area contributed by atoms with Crippen molar-refractivity contribution in [3.8, 4) is 5.75 Å². The lowest BCUT2D eigenvalue weighted by molar-refractivity contribution is -0.123. The van der Waals surface area contributed by atoms with Crippen LogP contribution in [0.2, 0.25) is 0 Å². The topological polar surface area (TPSA) is 121 Å². The molecule has 0 radical (unpaired) electrons. The van der Waals surface area contributed by atoms with Crippen molar-refractivity contribution in [2.75, 3.05) is 6.61 Å². The number of nitrogens with zero attached hydrogens (tertiary/aromatic N) is 1. The molecule has 0 aliphatic heterocycles. The molecule has 2 rings (SSSR count). The van der Waals surface area contributed by atoms with Gasteiger partial charge in [0.15, 0.2) is 16.7 Å². The van der Waals surface area contributed by atoms with E-state index in [9.17, 15) is 17.8 Å². The third kappa shape index (κ3) is 4.93. The fourth-order valence-electron chi connectivity index (χ4n) is 1.74. The van der Waals surface area contributed by atoms with Crippen LogP contribution in [0.15, 0.2) is 44.9 Å². The molecular formula is C15H15N2O6S-. The van der Waals surface area contributed by atoms with E-state index in [1.54, 1.807) is 0 Å². The summed E-state index contributed by atoms with van der Waals surface area (Å²) in [6.45, 7) is 3.54. The van der Waals surface area contributed by atoms with E-state index in [1.165, 1.54) is 6.07 Å². The summed E-state index contributed by atoms with van der Waals surface area (Å²) in [5, 5.41) is 2.88. The lowest BCUT2D eigenvalue weighted by Gasteiger charge is -2.08. The second-order valence-electron chi connectivity index (χ2n) is 4.96. The Labute approximate surface area is 138 Å². The molecule has 2 aromatic rings. The quantitative estimate of drug-likeness (QED) is 0.476. The van der Waals surface area contributed by atoms with Crippen molar-refractivity contribution in [3.63, 3.8) is 0 Å². The van der Waals surface area contributed by atoms with Gasteiger partial charge >= 0.3 is 0 Å². The number of rotatable bonds is 6. The first-order valence-electron chi connectivity index (χ1n) is 6.83. The number of hydrazone groups is 1. The molecule has 0 fully saturated rings. The SMILES string of the molecule is Cc1ccc(C)c(OCC(=O)N/N=C/c2ccc(S(=O)(=O)[O-])o2)c1. The van der Waals surface area contributed by atoms with Crippen LogP contribution in [0.4, 0.5) is 0 Å². The minimum atomic E-state index is -4.66. The van der Waals surface area contributed by atoms with Gasteiger partial charge in [-0.25, -0.2) is 13.8 Å². The number of furan rings is 1. The monoisotopic (exact) mass is 351 g/mol. The number of hydrogen-bond acceptors (Lipinski definition) is 7. The summed E-state index contributed by atoms with van der Waals surface area (Å²) in [5.74, 6) is 0.112. The predicted molar refractivity (Wildman–Crippen MR) is 83.8 cm³/mol. The summed E-state index contributed by atoms with van der Waals surface area (Å²) in [4.78, 5) is 11.6. The van der Waals surface area contributed by atoms with Crippen molar-refractivity contribution in [1.82, 2.24) is 5.43 Å². The fraction of sp³-hybridized carbons (Fsp3) is 0.200. The normalized spacial score (nSPS) is 11.6. The number of carbonyl (C=O) groups excluding carboxylic acids is 1. The van der Waals surface area contributed by atoms with Crippen LogP contribution in [0.25, 0.3) is 0 Å². The van der Waals surface area contributed by atoms with Crippen LogP contribution >= 0.6 is 0 Å². The van der Waals surface area contributed by atoms with Gasteiger partial charge in [0.05, 0.1) is 6.21 Å². The zero-order valence-corrected chi connectivity index (χ0v) is 13.8. The minimum Gasteiger partial charge on any atom is -0.742 e. The summed E-state index contributed by atoms with van der Waals surface area (Å²) in [6.07, 6.45) is 1.07. The Hall–Kier alpha value is -2.65. The van der Waals surface area contributed by atoms with Crippen molar-refractivity contribution < 1.29 is 26.9 Å². The highest BCUT2D eigenvalue weighted by atomic mass is 32.2. The molecule has 0 unspecified atom stereocenters. The molecule has 0 aliphatic rings. The van der Waals surface area contributed by atoms with Gasteiger partial charge in [-0.05, 0) is 43.2 Å². The van der Waals surface area contributed by atoms with Gasteiger partial charge in [0.1, 0.15) is 11.5 Å². The Bertz CT molecular complexity index is 870. The summed E-state index contributed by atoms with van der Waals surface area (Å²) in [7, 11) is -4.66. The van der Waals surface area contributed by atoms with E-state index in [0.717, 1.165) is 23.4 Å². The maximum Gasteiger partial charge on any atom is 0.277 e. The van der Waals surface area contributed by atoms with E-state index in [0.29, 0.717) is 5.75 Å². The number of benzene rings is 1. The average molecular weight is 351 g/mol. The first-order chi connectivity index (χ1) is 11.3. The lowest BCUT2D eigenvalue weighted by atomic mass is 10.1. The number of nitrogens with one attached hydrogen (secondary N) is 1. The third-order valence-electron chi connectivity index (χ3n) is 2.93. The Morgan fingerprint density at radius 2 is 2.08 bits per heavy atom. The molecule has 128 valence electrons. The highest BCUT2D eigenvalue weighted by Gasteiger charge is 2.07. The molecule has 8 nitrogen and oxygen atoms in total. The van der Waals surface area contributed by atoms with Crippen molar-refractivity contribution in [2.24, 2.45) is 5.10 Å². The van der Waals surface area contributed by atoms with Crippen LogP contribution in [0.3, 0.4) is 0 Å². The zero-order chi connectivity index (χ0) is 17.7. The second-order valence-corrected chi connectivity index (χ2v) is 6.27. The molecule has 0 spiro atoms. The standard InChI is InChI=1S/C15H16N2O6S/c1-10-3-4-11(2)13(7-10)22-9-14(18)17-16-8-12-5-6-15(23-12)24(19,20)21/h3-8H,9H2,1-2H3,(H,17,18)(H,19,20,21)/p-1/b16-8+. The number of aryl methyl sites for hydroxylation is 2. The molecule has 1 aromatic carbocycles. The Morgan fingerprint density at radius 3 is 2.75 bits per heavy atom. The zero-order valence-electron chi connectivity index (χ0n) is 13.0. The smallest absolute Gasteiger partial charge is 0.277 e. The largest absolute Gasteiger partial charge is 0.742 e.